The third kappa shape index (κ3) is 9.16. The van der Waals surface area contributed by atoms with E-state index in [2.05, 4.69) is 221 Å². The Hall–Kier alpha value is -5.52. The summed E-state index contributed by atoms with van der Waals surface area (Å²) < 4.78 is 42.7. The highest BCUT2D eigenvalue weighted by Gasteiger charge is 2.51. The summed E-state index contributed by atoms with van der Waals surface area (Å²) in [5.41, 5.74) is 11.3. The van der Waals surface area contributed by atoms with Crippen LogP contribution in [0.1, 0.15) is 80.4 Å². The van der Waals surface area contributed by atoms with Gasteiger partial charge in [-0.25, -0.2) is 0 Å². The quantitative estimate of drug-likeness (QED) is 0.0950. The van der Waals surface area contributed by atoms with Gasteiger partial charge in [-0.3, -0.25) is 27.8 Å². The van der Waals surface area contributed by atoms with Gasteiger partial charge >= 0.3 is 14.9 Å². The summed E-state index contributed by atoms with van der Waals surface area (Å²) in [6, 6.07) is 71.0. The fourth-order valence-electron chi connectivity index (χ4n) is 11.9. The van der Waals surface area contributed by atoms with Crippen LogP contribution in [0.4, 0.5) is 45.5 Å². The fraction of sp³-hybridized carbons (Fsp3) is 0.226. The van der Waals surface area contributed by atoms with Crippen molar-refractivity contribution in [3.8, 4) is 11.1 Å². The van der Waals surface area contributed by atoms with Crippen LogP contribution >= 0.6 is 14.9 Å². The largest absolute Gasteiger partial charge is 0.301 e. The number of hydrogen-bond donors (Lipinski definition) is 0. The Bertz CT molecular complexity index is 3110. The lowest BCUT2D eigenvalue weighted by Gasteiger charge is -2.34. The average molecular weight is 1020 g/mol. The molecular formula is C62H66Al2N4O2P2. The van der Waals surface area contributed by atoms with Crippen LogP contribution in [-0.2, 0) is 17.7 Å². The fourth-order valence-corrected chi connectivity index (χ4v) is 24.0. The molecule has 2 aliphatic heterocycles. The lowest BCUT2D eigenvalue weighted by Crippen LogP contribution is -2.32. The van der Waals surface area contributed by atoms with Gasteiger partial charge < -0.3 is 0 Å². The molecule has 8 aromatic carbocycles. The molecule has 0 N–H and O–H groups in total. The first-order chi connectivity index (χ1) is 34.2. The molecule has 10 heteroatoms. The molecule has 8 aromatic rings. The monoisotopic (exact) mass is 1010 g/mol. The smallest absolute Gasteiger partial charge is 0.270 e. The molecule has 0 saturated carbocycles. The molecule has 0 aromatic heterocycles. The molecule has 0 amide bonds. The molecule has 10 rings (SSSR count). The molecule has 72 heavy (non-hydrogen) atoms. The van der Waals surface area contributed by atoms with Crippen molar-refractivity contribution >= 4 is 101 Å². The Labute approximate surface area is 441 Å². The van der Waals surface area contributed by atoms with Gasteiger partial charge in [-0.2, -0.15) is 0 Å². The minimum absolute atomic E-state index is 0.0594. The Morgan fingerprint density at radius 3 is 0.847 bits per heavy atom. The summed E-state index contributed by atoms with van der Waals surface area (Å²) in [7, 11) is -7.29. The van der Waals surface area contributed by atoms with Gasteiger partial charge in [0.25, 0.3) is 30.4 Å². The Balaban J connectivity index is 1.14. The van der Waals surface area contributed by atoms with Gasteiger partial charge in [0, 0.05) is 22.7 Å². The van der Waals surface area contributed by atoms with E-state index in [0.717, 1.165) is 67.2 Å². The highest BCUT2D eigenvalue weighted by Crippen LogP contribution is 2.72. The van der Waals surface area contributed by atoms with E-state index in [1.54, 1.807) is 0 Å². The van der Waals surface area contributed by atoms with Gasteiger partial charge in [0.1, 0.15) is 0 Å². The second-order valence-corrected chi connectivity index (χ2v) is 36.7. The molecule has 2 unspecified atom stereocenters. The van der Waals surface area contributed by atoms with Crippen LogP contribution in [0.2, 0.25) is 8.55 Å². The van der Waals surface area contributed by atoms with Crippen molar-refractivity contribution in [3.05, 3.63) is 217 Å². The number of para-hydroxylation sites is 4. The van der Waals surface area contributed by atoms with Crippen molar-refractivity contribution in [2.75, 3.05) is 18.7 Å². The third-order valence-electron chi connectivity index (χ3n) is 14.2. The van der Waals surface area contributed by atoms with Crippen LogP contribution in [0, 0.1) is 0 Å². The summed E-state index contributed by atoms with van der Waals surface area (Å²) in [6.07, 6.45) is 0. The zero-order valence-corrected chi connectivity index (χ0v) is 48.2. The predicted molar refractivity (Wildman–Crippen MR) is 313 cm³/mol. The first-order valence-corrected chi connectivity index (χ1v) is 31.4. The van der Waals surface area contributed by atoms with Crippen molar-refractivity contribution < 1.29 is 9.13 Å². The summed E-state index contributed by atoms with van der Waals surface area (Å²) in [5.74, 6) is 0. The molecule has 0 saturated heterocycles. The maximum Gasteiger partial charge on any atom is 0.301 e. The van der Waals surface area contributed by atoms with Crippen LogP contribution in [0.15, 0.2) is 206 Å². The third-order valence-corrected chi connectivity index (χ3v) is 24.8. The van der Waals surface area contributed by atoms with E-state index in [-0.39, 0.29) is 17.1 Å². The second-order valence-electron chi connectivity index (χ2n) is 23.4. The van der Waals surface area contributed by atoms with Crippen molar-refractivity contribution in [2.24, 2.45) is 0 Å². The summed E-state index contributed by atoms with van der Waals surface area (Å²) in [6.45, 7) is 23.6. The average Bonchev–Trinajstić information content (AvgIpc) is 3.78. The molecule has 362 valence electrons. The lowest BCUT2D eigenvalue weighted by molar-refractivity contribution is 0.581. The van der Waals surface area contributed by atoms with Crippen LogP contribution in [-0.4, -0.2) is 30.4 Å². The van der Waals surface area contributed by atoms with E-state index in [0.29, 0.717) is 0 Å². The first-order valence-electron chi connectivity index (χ1n) is 25.3. The van der Waals surface area contributed by atoms with Crippen LogP contribution in [0.5, 0.6) is 0 Å². The summed E-state index contributed by atoms with van der Waals surface area (Å²) >= 11 is -1.05. The minimum Gasteiger partial charge on any atom is -0.270 e. The molecule has 0 bridgehead atoms. The molecule has 6 nitrogen and oxygen atoms in total. The molecular weight excluding hydrogens is 949 g/mol. The van der Waals surface area contributed by atoms with Crippen LogP contribution < -0.4 is 29.3 Å². The van der Waals surface area contributed by atoms with Gasteiger partial charge in [0.15, 0.2) is 0 Å². The number of anilines is 8. The zero-order valence-electron chi connectivity index (χ0n) is 43.5. The zero-order chi connectivity index (χ0) is 50.8. The number of hydrogen-bond acceptors (Lipinski definition) is 2. The van der Waals surface area contributed by atoms with Crippen LogP contribution in [0.25, 0.3) is 11.1 Å². The SMILES string of the molecule is C[C](C)(C)[AlH][C](C)(C)c1ccc(P2(=O)N(c3ccccc3)c3ccc(-c4ccc5c(c4)N(c4ccccc4)P(=O)(c4ccc([C](C)(C)[AlH][C](C)(C)C)cc4)N5c4ccccc4)cc3N2c2ccccc2)cc1. The highest BCUT2D eigenvalue weighted by molar-refractivity contribution is 7.76. The van der Waals surface area contributed by atoms with E-state index in [4.69, 9.17) is 0 Å². The Kier molecular flexibility index (Phi) is 13.0. The van der Waals surface area contributed by atoms with Crippen LogP contribution in [0.3, 0.4) is 0 Å². The van der Waals surface area contributed by atoms with Gasteiger partial charge in [0.05, 0.1) is 33.4 Å². The lowest BCUT2D eigenvalue weighted by atomic mass is 10.0. The standard InChI is InChI=1S/C54H46N4O2P2.2C4H9.2Al.2H/c1-39(2)41-25-31-49(32-26-41)61(59)55(45-17-9-5-10-18-45)51-35-29-43(37-53(51)57(61)47-21-13-7-14-22-47)44-30-36-52-54(38-44)58(48-23-15-8-16-24-48)62(60,56(52)46-19-11-6-12-20-46)50-33-27-42(28-34-50)40(3)4;2*1-4(2)3;;;;/h5-38H,1-4H3;2*1-3H3;;;;. The van der Waals surface area contributed by atoms with Crippen molar-refractivity contribution in [1.82, 2.24) is 0 Å². The van der Waals surface area contributed by atoms with Gasteiger partial charge in [-0.15, -0.1) is 0 Å². The number of benzene rings is 8. The normalized spacial score (nSPS) is 18.0. The van der Waals surface area contributed by atoms with Gasteiger partial charge in [-0.05, 0) is 108 Å². The molecule has 0 fully saturated rings. The molecule has 2 atom stereocenters. The molecule has 2 aliphatic rings. The highest BCUT2D eigenvalue weighted by atomic mass is 31.2. The van der Waals surface area contributed by atoms with E-state index >= 15 is 9.13 Å². The molecule has 0 radical (unpaired) electrons. The van der Waals surface area contributed by atoms with Crippen molar-refractivity contribution in [2.45, 2.75) is 86.3 Å². The van der Waals surface area contributed by atoms with Crippen molar-refractivity contribution in [3.63, 3.8) is 0 Å². The first kappa shape index (κ1) is 50.0. The Morgan fingerprint density at radius 2 is 0.583 bits per heavy atom. The Morgan fingerprint density at radius 1 is 0.319 bits per heavy atom. The summed E-state index contributed by atoms with van der Waals surface area (Å²) in [4.78, 5) is 0. The maximum atomic E-state index is 16.9. The van der Waals surface area contributed by atoms with Gasteiger partial charge in [-0.1, -0.05) is 207 Å². The van der Waals surface area contributed by atoms with Gasteiger partial charge in [0.2, 0.25) is 0 Å². The molecule has 0 spiro atoms. The molecule has 0 aliphatic carbocycles. The number of rotatable bonds is 11. The maximum absolute atomic E-state index is 16.9. The van der Waals surface area contributed by atoms with E-state index in [1.807, 2.05) is 72.8 Å². The van der Waals surface area contributed by atoms with Crippen molar-refractivity contribution in [1.29, 1.82) is 0 Å². The number of nitrogens with zero attached hydrogens (tertiary/aromatic N) is 4. The predicted octanol–water partition coefficient (Wildman–Crippen LogP) is 16.8. The molecule has 2 heterocycles. The van der Waals surface area contributed by atoms with E-state index < -0.39 is 45.3 Å². The minimum atomic E-state index is -3.65. The van der Waals surface area contributed by atoms with E-state index in [1.165, 1.54) is 11.1 Å². The van der Waals surface area contributed by atoms with E-state index in [9.17, 15) is 0 Å². The summed E-state index contributed by atoms with van der Waals surface area (Å²) in [5, 5.41) is 1.54. The second kappa shape index (κ2) is 18.8. The topological polar surface area (TPSA) is 47.1 Å². The number of fused-ring (bicyclic) bond motifs is 2.